The maximum atomic E-state index is 12.8. The fourth-order valence-corrected chi connectivity index (χ4v) is 3.92. The van der Waals surface area contributed by atoms with Crippen molar-refractivity contribution in [2.45, 2.75) is 33.0 Å². The number of benzene rings is 2. The molecule has 0 aliphatic carbocycles. The highest BCUT2D eigenvalue weighted by Crippen LogP contribution is 2.18. The van der Waals surface area contributed by atoms with Gasteiger partial charge in [-0.3, -0.25) is 9.48 Å². The van der Waals surface area contributed by atoms with Crippen LogP contribution in [0, 0.1) is 0 Å². The Balaban J connectivity index is 0.00000306. The zero-order valence-corrected chi connectivity index (χ0v) is 21.2. The fraction of sp³-hybridized carbons (Fsp3) is 0.320. The van der Waals surface area contributed by atoms with E-state index in [1.54, 1.807) is 6.20 Å². The quantitative estimate of drug-likeness (QED) is 0.266. The van der Waals surface area contributed by atoms with E-state index >= 15 is 0 Å². The average Bonchev–Trinajstić information content (AvgIpc) is 3.34. The van der Waals surface area contributed by atoms with Gasteiger partial charge in [0.1, 0.15) is 0 Å². The molecule has 2 N–H and O–H groups in total. The van der Waals surface area contributed by atoms with Crippen LogP contribution in [0.15, 0.2) is 72.0 Å². The monoisotopic (exact) mass is 558 g/mol. The van der Waals surface area contributed by atoms with Crippen LogP contribution in [0.4, 0.5) is 0 Å². The molecular weight excluding hydrogens is 527 g/mol. The first-order valence-electron chi connectivity index (χ1n) is 11.1. The molecule has 4 rings (SSSR count). The number of fused-ring (bicyclic) bond motifs is 1. The molecule has 8 heteroatoms. The summed E-state index contributed by atoms with van der Waals surface area (Å²) in [6.45, 7) is 5.63. The maximum Gasteiger partial charge on any atom is 0.242 e. The van der Waals surface area contributed by atoms with Crippen LogP contribution < -0.4 is 10.6 Å². The smallest absolute Gasteiger partial charge is 0.242 e. The number of hydrogen-bond acceptors (Lipinski definition) is 3. The van der Waals surface area contributed by atoms with E-state index in [0.29, 0.717) is 25.6 Å². The number of hydrogen-bond donors (Lipinski definition) is 2. The van der Waals surface area contributed by atoms with Gasteiger partial charge in [0.25, 0.3) is 0 Å². The number of rotatable bonds is 7. The zero-order chi connectivity index (χ0) is 22.2. The number of carbonyl (C=O) groups excluding carboxylic acids is 1. The third-order valence-corrected chi connectivity index (χ3v) is 5.65. The van der Waals surface area contributed by atoms with Gasteiger partial charge in [0.15, 0.2) is 5.96 Å². The molecule has 0 spiro atoms. The normalized spacial score (nSPS) is 13.1. The van der Waals surface area contributed by atoms with Gasteiger partial charge in [-0.15, -0.1) is 24.0 Å². The second-order valence-electron chi connectivity index (χ2n) is 7.86. The first-order valence-corrected chi connectivity index (χ1v) is 11.1. The largest absolute Gasteiger partial charge is 0.357 e. The Morgan fingerprint density at radius 1 is 1.03 bits per heavy atom. The number of guanidine groups is 1. The SMILES string of the molecule is CCNC(=NCc1ccccc1Cn1cccn1)NCC(=O)N1CCc2ccccc2C1.I. The van der Waals surface area contributed by atoms with Crippen molar-refractivity contribution in [2.75, 3.05) is 19.6 Å². The van der Waals surface area contributed by atoms with E-state index in [9.17, 15) is 4.79 Å². The molecule has 7 nitrogen and oxygen atoms in total. The van der Waals surface area contributed by atoms with Gasteiger partial charge in [-0.05, 0) is 41.7 Å². The molecule has 0 fully saturated rings. The minimum absolute atomic E-state index is 0. The molecule has 0 saturated carbocycles. The van der Waals surface area contributed by atoms with Gasteiger partial charge in [-0.1, -0.05) is 48.5 Å². The standard InChI is InChI=1S/C25H30N6O.HI/c1-2-26-25(27-16-21-9-4-6-11-23(21)19-31-14-7-13-29-31)28-17-24(32)30-15-12-20-8-3-5-10-22(20)18-30;/h3-11,13-14H,2,12,15-19H2,1H3,(H2,26,27,28);1H. The van der Waals surface area contributed by atoms with Crippen LogP contribution >= 0.6 is 24.0 Å². The summed E-state index contributed by atoms with van der Waals surface area (Å²) in [7, 11) is 0. The molecule has 0 radical (unpaired) electrons. The molecule has 33 heavy (non-hydrogen) atoms. The number of carbonyl (C=O) groups is 1. The van der Waals surface area contributed by atoms with Crippen molar-refractivity contribution in [3.63, 3.8) is 0 Å². The predicted octanol–water partition coefficient (Wildman–Crippen LogP) is 3.19. The first-order chi connectivity index (χ1) is 15.7. The molecule has 3 aromatic rings. The Morgan fingerprint density at radius 2 is 1.79 bits per heavy atom. The minimum atomic E-state index is 0. The van der Waals surface area contributed by atoms with Crippen LogP contribution in [0.3, 0.4) is 0 Å². The van der Waals surface area contributed by atoms with Gasteiger partial charge in [0.05, 0.1) is 19.6 Å². The van der Waals surface area contributed by atoms with E-state index in [0.717, 1.165) is 25.1 Å². The number of aliphatic imine (C=N–C) groups is 1. The number of nitrogens with zero attached hydrogens (tertiary/aromatic N) is 4. The van der Waals surface area contributed by atoms with Crippen LogP contribution in [0.25, 0.3) is 0 Å². The summed E-state index contributed by atoms with van der Waals surface area (Å²) in [6, 6.07) is 18.5. The minimum Gasteiger partial charge on any atom is -0.357 e. The summed E-state index contributed by atoms with van der Waals surface area (Å²) < 4.78 is 1.90. The molecule has 174 valence electrons. The summed E-state index contributed by atoms with van der Waals surface area (Å²) in [5.74, 6) is 0.733. The third kappa shape index (κ3) is 6.80. The summed E-state index contributed by atoms with van der Waals surface area (Å²) in [5, 5.41) is 10.7. The van der Waals surface area contributed by atoms with Crippen molar-refractivity contribution in [3.8, 4) is 0 Å². The van der Waals surface area contributed by atoms with Gasteiger partial charge >= 0.3 is 0 Å². The fourth-order valence-electron chi connectivity index (χ4n) is 3.92. The highest BCUT2D eigenvalue weighted by molar-refractivity contribution is 14.0. The van der Waals surface area contributed by atoms with Crippen molar-refractivity contribution in [2.24, 2.45) is 4.99 Å². The molecule has 0 unspecified atom stereocenters. The zero-order valence-electron chi connectivity index (χ0n) is 18.9. The van der Waals surface area contributed by atoms with Crippen LogP contribution in [-0.2, 0) is 30.8 Å². The first kappa shape index (κ1) is 24.8. The molecular formula is C25H31IN6O. The Hall–Kier alpha value is -2.88. The Morgan fingerprint density at radius 3 is 2.55 bits per heavy atom. The van der Waals surface area contributed by atoms with Gasteiger partial charge in [-0.2, -0.15) is 5.10 Å². The lowest BCUT2D eigenvalue weighted by Gasteiger charge is -2.29. The summed E-state index contributed by atoms with van der Waals surface area (Å²) >= 11 is 0. The molecule has 0 atom stereocenters. The molecule has 1 aromatic heterocycles. The van der Waals surface area contributed by atoms with Crippen LogP contribution in [-0.4, -0.2) is 46.2 Å². The predicted molar refractivity (Wildman–Crippen MR) is 142 cm³/mol. The summed E-state index contributed by atoms with van der Waals surface area (Å²) in [6.07, 6.45) is 4.64. The van der Waals surface area contributed by atoms with E-state index in [2.05, 4.69) is 46.1 Å². The van der Waals surface area contributed by atoms with Gasteiger partial charge in [0, 0.05) is 32.0 Å². The van der Waals surface area contributed by atoms with E-state index < -0.39 is 0 Å². The topological polar surface area (TPSA) is 74.5 Å². The lowest BCUT2D eigenvalue weighted by Crippen LogP contribution is -2.46. The third-order valence-electron chi connectivity index (χ3n) is 5.65. The molecule has 1 amide bonds. The molecule has 1 aliphatic rings. The lowest BCUT2D eigenvalue weighted by molar-refractivity contribution is -0.130. The van der Waals surface area contributed by atoms with E-state index in [4.69, 9.17) is 4.99 Å². The number of nitrogens with one attached hydrogen (secondary N) is 2. The van der Waals surface area contributed by atoms with Crippen molar-refractivity contribution < 1.29 is 4.79 Å². The highest BCUT2D eigenvalue weighted by atomic mass is 127. The van der Waals surface area contributed by atoms with E-state index in [-0.39, 0.29) is 36.4 Å². The molecule has 2 aromatic carbocycles. The van der Waals surface area contributed by atoms with Crippen molar-refractivity contribution in [3.05, 3.63) is 89.2 Å². The Bertz CT molecular complexity index is 1070. The van der Waals surface area contributed by atoms with E-state index in [1.165, 1.54) is 16.7 Å². The summed E-state index contributed by atoms with van der Waals surface area (Å²) in [5.41, 5.74) is 4.90. The van der Waals surface area contributed by atoms with Gasteiger partial charge in [0.2, 0.25) is 5.91 Å². The molecule has 2 heterocycles. The summed E-state index contributed by atoms with van der Waals surface area (Å²) in [4.78, 5) is 19.4. The van der Waals surface area contributed by atoms with Crippen LogP contribution in [0.5, 0.6) is 0 Å². The Labute approximate surface area is 212 Å². The molecule has 0 saturated heterocycles. The van der Waals surface area contributed by atoms with Crippen LogP contribution in [0.1, 0.15) is 29.2 Å². The average molecular weight is 558 g/mol. The van der Waals surface area contributed by atoms with Gasteiger partial charge < -0.3 is 15.5 Å². The Kier molecular flexibility index (Phi) is 9.29. The number of aromatic nitrogens is 2. The highest BCUT2D eigenvalue weighted by Gasteiger charge is 2.20. The van der Waals surface area contributed by atoms with E-state index in [1.807, 2.05) is 47.0 Å². The maximum absolute atomic E-state index is 12.8. The molecule has 1 aliphatic heterocycles. The van der Waals surface area contributed by atoms with Crippen molar-refractivity contribution in [1.29, 1.82) is 0 Å². The second-order valence-corrected chi connectivity index (χ2v) is 7.86. The molecule has 0 bridgehead atoms. The van der Waals surface area contributed by atoms with Crippen molar-refractivity contribution >= 4 is 35.8 Å². The lowest BCUT2D eigenvalue weighted by atomic mass is 10.00. The second kappa shape index (κ2) is 12.4. The number of amides is 1. The van der Waals surface area contributed by atoms with Crippen LogP contribution in [0.2, 0.25) is 0 Å². The number of halogens is 1. The van der Waals surface area contributed by atoms with Crippen molar-refractivity contribution in [1.82, 2.24) is 25.3 Å². The van der Waals surface area contributed by atoms with Gasteiger partial charge in [-0.25, -0.2) is 4.99 Å².